The maximum absolute atomic E-state index is 12.0. The lowest BCUT2D eigenvalue weighted by atomic mass is 10.2. The van der Waals surface area contributed by atoms with Crippen molar-refractivity contribution in [3.8, 4) is 0 Å². The Bertz CT molecular complexity index is 378. The average molecular weight is 428 g/mol. The fourth-order valence-electron chi connectivity index (χ4n) is 2.55. The van der Waals surface area contributed by atoms with Crippen LogP contribution in [0.2, 0.25) is 12.1 Å². The minimum Gasteiger partial charge on any atom is -0.465 e. The zero-order valence-electron chi connectivity index (χ0n) is 17.8. The van der Waals surface area contributed by atoms with Crippen LogP contribution in [0.4, 0.5) is 0 Å². The highest BCUT2D eigenvalue weighted by Gasteiger charge is 2.37. The Morgan fingerprint density at radius 3 is 1.70 bits per heavy atom. The molecule has 0 aromatic heterocycles. The van der Waals surface area contributed by atoms with Gasteiger partial charge in [0.1, 0.15) is 0 Å². The summed E-state index contributed by atoms with van der Waals surface area (Å²) >= 11 is 0. The van der Waals surface area contributed by atoms with Crippen molar-refractivity contribution < 1.29 is 36.1 Å². The monoisotopic (exact) mass is 427 g/mol. The topological polar surface area (TPSA) is 93.7 Å². The number of carbonyl (C=O) groups excluding carboxylic acids is 1. The Balaban J connectivity index is 3.96. The molecule has 1 atom stereocenters. The molecule has 0 rings (SSSR count). The van der Waals surface area contributed by atoms with Crippen LogP contribution in [0.15, 0.2) is 0 Å². The third-order valence-corrected chi connectivity index (χ3v) is 10.1. The van der Waals surface area contributed by atoms with E-state index >= 15 is 0 Å². The lowest BCUT2D eigenvalue weighted by Crippen LogP contribution is -2.43. The predicted octanol–water partition coefficient (Wildman–Crippen LogP) is 1.29. The van der Waals surface area contributed by atoms with Gasteiger partial charge in [0.05, 0.1) is 12.5 Å². The van der Waals surface area contributed by atoms with Gasteiger partial charge >= 0.3 is 23.6 Å². The van der Waals surface area contributed by atoms with E-state index < -0.39 is 17.6 Å². The molecule has 162 valence electrons. The van der Waals surface area contributed by atoms with Gasteiger partial charge in [0, 0.05) is 61.3 Å². The van der Waals surface area contributed by atoms with Crippen LogP contribution >= 0.6 is 0 Å². The van der Waals surface area contributed by atoms with Crippen LogP contribution in [-0.4, -0.2) is 85.9 Å². The molecular formula is C16H37NO8Si2. The molecule has 0 fully saturated rings. The summed E-state index contributed by atoms with van der Waals surface area (Å²) < 4.78 is 37.4. The first kappa shape index (κ1) is 26.6. The highest BCUT2D eigenvalue weighted by atomic mass is 28.4. The van der Waals surface area contributed by atoms with Crippen LogP contribution in [0.25, 0.3) is 0 Å². The fourth-order valence-corrected chi connectivity index (χ4v) is 5.96. The van der Waals surface area contributed by atoms with Crippen molar-refractivity contribution in [1.29, 1.82) is 0 Å². The first-order chi connectivity index (χ1) is 12.9. The van der Waals surface area contributed by atoms with Crippen LogP contribution in [0.5, 0.6) is 0 Å². The van der Waals surface area contributed by atoms with E-state index in [2.05, 4.69) is 5.32 Å². The second-order valence-corrected chi connectivity index (χ2v) is 12.3. The van der Waals surface area contributed by atoms with Gasteiger partial charge in [-0.15, -0.1) is 0 Å². The second kappa shape index (κ2) is 14.6. The van der Waals surface area contributed by atoms with Gasteiger partial charge in [0.25, 0.3) is 0 Å². The molecule has 0 saturated carbocycles. The Kier molecular flexibility index (Phi) is 14.4. The highest BCUT2D eigenvalue weighted by Crippen LogP contribution is 2.15. The zero-order valence-corrected chi connectivity index (χ0v) is 19.8. The molecule has 0 spiro atoms. The van der Waals surface area contributed by atoms with E-state index in [0.29, 0.717) is 31.7 Å². The third-order valence-electron chi connectivity index (χ3n) is 4.43. The van der Waals surface area contributed by atoms with Gasteiger partial charge in [-0.25, -0.2) is 0 Å². The van der Waals surface area contributed by atoms with E-state index in [1.165, 1.54) is 0 Å². The average Bonchev–Trinajstić information content (AvgIpc) is 2.71. The Labute approximate surface area is 165 Å². The molecule has 0 heterocycles. The number of hydrogen-bond donors (Lipinski definition) is 1. The molecule has 0 amide bonds. The van der Waals surface area contributed by atoms with Crippen molar-refractivity contribution in [2.24, 2.45) is 5.92 Å². The largest absolute Gasteiger partial charge is 0.500 e. The maximum Gasteiger partial charge on any atom is 0.500 e. The van der Waals surface area contributed by atoms with Gasteiger partial charge < -0.3 is 36.6 Å². The van der Waals surface area contributed by atoms with Gasteiger partial charge in [-0.05, 0) is 19.4 Å². The van der Waals surface area contributed by atoms with Crippen molar-refractivity contribution in [2.45, 2.75) is 31.9 Å². The van der Waals surface area contributed by atoms with Crippen LogP contribution in [-0.2, 0) is 36.1 Å². The molecule has 0 aliphatic carbocycles. The highest BCUT2D eigenvalue weighted by molar-refractivity contribution is 6.60. The standard InChI is InChI=1S/C16H37NO8Si2/c1-15(14-17-10-8-12-26(19-2,20-3)21-4)16(18)25-11-9-13-27(22-5,23-6)24-7/h15,17H,8-14H2,1-7H3. The number of esters is 1. The summed E-state index contributed by atoms with van der Waals surface area (Å²) in [5, 5.41) is 3.25. The summed E-state index contributed by atoms with van der Waals surface area (Å²) in [4.78, 5) is 12.0. The molecule has 1 unspecified atom stereocenters. The van der Waals surface area contributed by atoms with E-state index in [1.807, 2.05) is 6.92 Å². The molecule has 0 aromatic rings. The van der Waals surface area contributed by atoms with Gasteiger partial charge in [-0.1, -0.05) is 6.92 Å². The first-order valence-corrected chi connectivity index (χ1v) is 12.9. The van der Waals surface area contributed by atoms with Crippen LogP contribution in [0, 0.1) is 5.92 Å². The Morgan fingerprint density at radius 2 is 1.26 bits per heavy atom. The zero-order chi connectivity index (χ0) is 20.8. The molecular weight excluding hydrogens is 390 g/mol. The minimum atomic E-state index is -2.60. The SMILES string of the molecule is CO[Si](CCCNCC(C)C(=O)OCCC[Si](OC)(OC)OC)(OC)OC. The predicted molar refractivity (Wildman–Crippen MR) is 105 cm³/mol. The van der Waals surface area contributed by atoms with Crippen LogP contribution in [0.3, 0.4) is 0 Å². The van der Waals surface area contributed by atoms with Crippen molar-refractivity contribution >= 4 is 23.6 Å². The smallest absolute Gasteiger partial charge is 0.465 e. The van der Waals surface area contributed by atoms with Crippen LogP contribution in [0.1, 0.15) is 19.8 Å². The Morgan fingerprint density at radius 1 is 0.815 bits per heavy atom. The molecule has 0 aliphatic rings. The molecule has 0 aliphatic heterocycles. The molecule has 27 heavy (non-hydrogen) atoms. The maximum atomic E-state index is 12.0. The summed E-state index contributed by atoms with van der Waals surface area (Å²) in [6.45, 7) is 3.45. The van der Waals surface area contributed by atoms with Crippen molar-refractivity contribution in [3.05, 3.63) is 0 Å². The summed E-state index contributed by atoms with van der Waals surface area (Å²) in [6, 6.07) is 1.31. The first-order valence-electron chi connectivity index (χ1n) is 9.06. The van der Waals surface area contributed by atoms with Gasteiger partial charge in [-0.3, -0.25) is 4.79 Å². The van der Waals surface area contributed by atoms with E-state index in [9.17, 15) is 4.79 Å². The van der Waals surface area contributed by atoms with E-state index in [-0.39, 0.29) is 11.9 Å². The second-order valence-electron chi connectivity index (χ2n) is 6.07. The molecule has 0 aromatic carbocycles. The summed E-state index contributed by atoms with van der Waals surface area (Å²) in [5.74, 6) is -0.454. The lowest BCUT2D eigenvalue weighted by Gasteiger charge is -2.24. The molecule has 0 radical (unpaired) electrons. The number of ether oxygens (including phenoxy) is 1. The van der Waals surface area contributed by atoms with Crippen molar-refractivity contribution in [1.82, 2.24) is 5.32 Å². The molecule has 0 bridgehead atoms. The number of nitrogens with one attached hydrogen (secondary N) is 1. The quantitative estimate of drug-likeness (QED) is 0.209. The Hall–Kier alpha value is -0.376. The van der Waals surface area contributed by atoms with Gasteiger partial charge in [0.15, 0.2) is 0 Å². The van der Waals surface area contributed by atoms with E-state index in [1.54, 1.807) is 42.7 Å². The van der Waals surface area contributed by atoms with Gasteiger partial charge in [0.2, 0.25) is 0 Å². The minimum absolute atomic E-state index is 0.226. The number of hydrogen-bond acceptors (Lipinski definition) is 9. The third kappa shape index (κ3) is 9.59. The van der Waals surface area contributed by atoms with E-state index in [0.717, 1.165) is 13.0 Å². The molecule has 11 heteroatoms. The molecule has 9 nitrogen and oxygen atoms in total. The summed E-state index contributed by atoms with van der Waals surface area (Å²) in [7, 11) is 4.38. The normalized spacial score (nSPS) is 13.6. The fraction of sp³-hybridized carbons (Fsp3) is 0.938. The van der Waals surface area contributed by atoms with Gasteiger partial charge in [-0.2, -0.15) is 0 Å². The molecule has 1 N–H and O–H groups in total. The number of rotatable bonds is 17. The van der Waals surface area contributed by atoms with Crippen LogP contribution < -0.4 is 5.32 Å². The summed E-state index contributed by atoms with van der Waals surface area (Å²) in [5.41, 5.74) is 0. The summed E-state index contributed by atoms with van der Waals surface area (Å²) in [6.07, 6.45) is 1.46. The lowest BCUT2D eigenvalue weighted by molar-refractivity contribution is -0.147. The molecule has 0 saturated heterocycles. The van der Waals surface area contributed by atoms with Crippen molar-refractivity contribution in [2.75, 3.05) is 62.4 Å². The van der Waals surface area contributed by atoms with Crippen molar-refractivity contribution in [3.63, 3.8) is 0 Å². The van der Waals surface area contributed by atoms with E-state index in [4.69, 9.17) is 31.3 Å². The number of carbonyl (C=O) groups is 1.